The van der Waals surface area contributed by atoms with Gasteiger partial charge >= 0.3 is 6.16 Å². The van der Waals surface area contributed by atoms with E-state index in [1.54, 1.807) is 12.1 Å². The number of benzene rings is 2. The molecule has 2 rings (SSSR count). The largest absolute Gasteiger partial charge is 0.519 e. The summed E-state index contributed by atoms with van der Waals surface area (Å²) in [6, 6.07) is 11.6. The lowest BCUT2D eigenvalue weighted by atomic mass is 10.1. The van der Waals surface area contributed by atoms with E-state index in [2.05, 4.69) is 6.92 Å². The molecule has 0 saturated carbocycles. The second-order valence-electron chi connectivity index (χ2n) is 4.65. The Bertz CT molecular complexity index is 651. The molecule has 0 unspecified atom stereocenters. The molecule has 5 heteroatoms. The van der Waals surface area contributed by atoms with Crippen molar-refractivity contribution in [2.45, 2.75) is 19.8 Å². The zero-order valence-electron chi connectivity index (χ0n) is 12.5. The van der Waals surface area contributed by atoms with E-state index in [-0.39, 0.29) is 11.5 Å². The van der Waals surface area contributed by atoms with Gasteiger partial charge in [0.1, 0.15) is 11.5 Å². The highest BCUT2D eigenvalue weighted by Crippen LogP contribution is 2.30. The highest BCUT2D eigenvalue weighted by atomic mass is 16.7. The lowest BCUT2D eigenvalue weighted by molar-refractivity contribution is 0.151. The molecule has 116 valence electrons. The molecule has 1 N–H and O–H groups in total. The monoisotopic (exact) mass is 302 g/mol. The predicted octanol–water partition coefficient (Wildman–Crippen LogP) is 3.93. The molecule has 0 saturated heterocycles. The summed E-state index contributed by atoms with van der Waals surface area (Å²) >= 11 is 0. The van der Waals surface area contributed by atoms with Crippen LogP contribution in [0.4, 0.5) is 4.79 Å². The summed E-state index contributed by atoms with van der Waals surface area (Å²) in [5, 5.41) is 9.65. The van der Waals surface area contributed by atoms with Crippen LogP contribution in [-0.4, -0.2) is 18.4 Å². The van der Waals surface area contributed by atoms with E-state index in [0.29, 0.717) is 11.5 Å². The minimum atomic E-state index is -0.854. The van der Waals surface area contributed by atoms with E-state index in [1.807, 2.05) is 12.1 Å². The molecule has 2 aromatic carbocycles. The van der Waals surface area contributed by atoms with Crippen molar-refractivity contribution in [3.05, 3.63) is 48.0 Å². The Hall–Kier alpha value is -2.69. The van der Waals surface area contributed by atoms with Crippen LogP contribution < -0.4 is 14.2 Å². The van der Waals surface area contributed by atoms with Crippen LogP contribution in [0.1, 0.15) is 18.9 Å². The van der Waals surface area contributed by atoms with E-state index < -0.39 is 6.16 Å². The first kappa shape index (κ1) is 15.7. The van der Waals surface area contributed by atoms with Crippen molar-refractivity contribution >= 4 is 6.16 Å². The number of phenolic OH excluding ortho intramolecular Hbond substituents is 1. The van der Waals surface area contributed by atoms with Gasteiger partial charge in [-0.3, -0.25) is 0 Å². The Labute approximate surface area is 129 Å². The lowest BCUT2D eigenvalue weighted by Gasteiger charge is -2.10. The Morgan fingerprint density at radius 3 is 2.55 bits per heavy atom. The van der Waals surface area contributed by atoms with Crippen molar-refractivity contribution in [3.8, 4) is 23.0 Å². The highest BCUT2D eigenvalue weighted by Gasteiger charge is 2.12. The van der Waals surface area contributed by atoms with Crippen molar-refractivity contribution in [1.29, 1.82) is 0 Å². The lowest BCUT2D eigenvalue weighted by Crippen LogP contribution is -2.14. The van der Waals surface area contributed by atoms with Crippen LogP contribution in [0.25, 0.3) is 0 Å². The molecule has 22 heavy (non-hydrogen) atoms. The smallest absolute Gasteiger partial charge is 0.504 e. The average Bonchev–Trinajstić information content (AvgIpc) is 2.49. The molecule has 0 heterocycles. The van der Waals surface area contributed by atoms with Gasteiger partial charge in [0.05, 0.1) is 7.11 Å². The van der Waals surface area contributed by atoms with Crippen LogP contribution in [0, 0.1) is 0 Å². The average molecular weight is 302 g/mol. The van der Waals surface area contributed by atoms with Gasteiger partial charge in [-0.1, -0.05) is 31.5 Å². The zero-order chi connectivity index (χ0) is 15.9. The molecular formula is C17H18O5. The van der Waals surface area contributed by atoms with Crippen LogP contribution in [-0.2, 0) is 6.42 Å². The number of methoxy groups -OCH3 is 1. The number of carbonyl (C=O) groups is 1. The predicted molar refractivity (Wildman–Crippen MR) is 81.7 cm³/mol. The van der Waals surface area contributed by atoms with Crippen molar-refractivity contribution in [1.82, 2.24) is 0 Å². The van der Waals surface area contributed by atoms with Crippen LogP contribution in [0.5, 0.6) is 23.0 Å². The number of rotatable bonds is 5. The summed E-state index contributed by atoms with van der Waals surface area (Å²) in [6.45, 7) is 2.05. The minimum Gasteiger partial charge on any atom is -0.504 e. The van der Waals surface area contributed by atoms with Crippen LogP contribution in [0.2, 0.25) is 0 Å². The van der Waals surface area contributed by atoms with Crippen molar-refractivity contribution in [3.63, 3.8) is 0 Å². The molecule has 0 aromatic heterocycles. The van der Waals surface area contributed by atoms with Gasteiger partial charge in [0.2, 0.25) is 0 Å². The Balaban J connectivity index is 2.06. The molecule has 0 aliphatic rings. The highest BCUT2D eigenvalue weighted by molar-refractivity contribution is 5.68. The molecule has 0 atom stereocenters. The van der Waals surface area contributed by atoms with E-state index in [4.69, 9.17) is 14.2 Å². The van der Waals surface area contributed by atoms with Gasteiger partial charge in [0, 0.05) is 6.07 Å². The van der Waals surface area contributed by atoms with Gasteiger partial charge < -0.3 is 19.3 Å². The maximum atomic E-state index is 11.8. The first-order chi connectivity index (χ1) is 10.6. The van der Waals surface area contributed by atoms with Crippen molar-refractivity contribution in [2.75, 3.05) is 7.11 Å². The normalized spacial score (nSPS) is 10.1. The second-order valence-corrected chi connectivity index (χ2v) is 4.65. The van der Waals surface area contributed by atoms with Gasteiger partial charge in [-0.2, -0.15) is 0 Å². The van der Waals surface area contributed by atoms with Gasteiger partial charge in [-0.25, -0.2) is 4.79 Å². The molecule has 0 radical (unpaired) electrons. The number of para-hydroxylation sites is 1. The van der Waals surface area contributed by atoms with Crippen molar-refractivity contribution < 1.29 is 24.1 Å². The number of phenols is 1. The third kappa shape index (κ3) is 3.91. The molecule has 0 amide bonds. The Morgan fingerprint density at radius 2 is 1.86 bits per heavy atom. The second kappa shape index (κ2) is 7.36. The summed E-state index contributed by atoms with van der Waals surface area (Å²) in [5.41, 5.74) is 0.944. The molecule has 0 fully saturated rings. The first-order valence-electron chi connectivity index (χ1n) is 6.98. The third-order valence-electron chi connectivity index (χ3n) is 3.04. The fourth-order valence-electron chi connectivity index (χ4n) is 2.02. The molecule has 0 aliphatic carbocycles. The molecule has 0 bridgehead atoms. The minimum absolute atomic E-state index is 0.112. The third-order valence-corrected chi connectivity index (χ3v) is 3.04. The number of aryl methyl sites for hydroxylation is 1. The van der Waals surface area contributed by atoms with E-state index in [9.17, 15) is 9.90 Å². The quantitative estimate of drug-likeness (QED) is 0.669. The topological polar surface area (TPSA) is 65.0 Å². The van der Waals surface area contributed by atoms with Gasteiger partial charge in [0.25, 0.3) is 0 Å². The summed E-state index contributed by atoms with van der Waals surface area (Å²) in [5.74, 6) is 0.844. The van der Waals surface area contributed by atoms with E-state index in [1.165, 1.54) is 25.3 Å². The summed E-state index contributed by atoms with van der Waals surface area (Å²) in [4.78, 5) is 11.8. The first-order valence-corrected chi connectivity index (χ1v) is 6.98. The molecular weight excluding hydrogens is 284 g/mol. The van der Waals surface area contributed by atoms with Gasteiger partial charge in [-0.15, -0.1) is 0 Å². The molecule has 2 aromatic rings. The number of ether oxygens (including phenoxy) is 3. The molecule has 0 spiro atoms. The zero-order valence-corrected chi connectivity index (χ0v) is 12.5. The van der Waals surface area contributed by atoms with Crippen molar-refractivity contribution in [2.24, 2.45) is 0 Å². The fraction of sp³-hybridized carbons (Fsp3) is 0.235. The maximum absolute atomic E-state index is 11.8. The fourth-order valence-corrected chi connectivity index (χ4v) is 2.02. The van der Waals surface area contributed by atoms with Crippen LogP contribution >= 0.6 is 0 Å². The SMILES string of the molecule is CCCc1ccccc1OC(=O)Oc1ccc(OC)c(O)c1. The summed E-state index contributed by atoms with van der Waals surface area (Å²) in [7, 11) is 1.44. The summed E-state index contributed by atoms with van der Waals surface area (Å²) < 4.78 is 15.2. The number of hydrogen-bond donors (Lipinski definition) is 1. The molecule has 0 aliphatic heterocycles. The van der Waals surface area contributed by atoms with Gasteiger partial charge in [0.15, 0.2) is 11.5 Å². The Morgan fingerprint density at radius 1 is 1.09 bits per heavy atom. The summed E-state index contributed by atoms with van der Waals surface area (Å²) in [6.07, 6.45) is 0.905. The number of carbonyl (C=O) groups excluding carboxylic acids is 1. The standard InChI is InChI=1S/C17H18O5/c1-3-6-12-7-4-5-8-15(12)22-17(19)21-13-9-10-16(20-2)14(18)11-13/h4-5,7-11,18H,3,6H2,1-2H3. The maximum Gasteiger partial charge on any atom is 0.519 e. The Kier molecular flexibility index (Phi) is 5.25. The van der Waals surface area contributed by atoms with Gasteiger partial charge in [-0.05, 0) is 30.2 Å². The number of aromatic hydroxyl groups is 1. The van der Waals surface area contributed by atoms with Crippen LogP contribution in [0.3, 0.4) is 0 Å². The molecule has 5 nitrogen and oxygen atoms in total. The van der Waals surface area contributed by atoms with E-state index >= 15 is 0 Å². The van der Waals surface area contributed by atoms with Crippen LogP contribution in [0.15, 0.2) is 42.5 Å². The number of hydrogen-bond acceptors (Lipinski definition) is 5. The van der Waals surface area contributed by atoms with E-state index in [0.717, 1.165) is 18.4 Å².